The van der Waals surface area contributed by atoms with E-state index in [2.05, 4.69) is 65.7 Å². The number of piperidine rings is 1. The second-order valence-electron chi connectivity index (χ2n) is 10.8. The normalized spacial score (nSPS) is 28.7. The first kappa shape index (κ1) is 25.1. The van der Waals surface area contributed by atoms with E-state index >= 15 is 0 Å². The average Bonchev–Trinajstić information content (AvgIpc) is 3.46. The summed E-state index contributed by atoms with van der Waals surface area (Å²) in [5, 5.41) is 1.29. The molecule has 0 unspecified atom stereocenters. The van der Waals surface area contributed by atoms with Crippen LogP contribution in [0.1, 0.15) is 44.7 Å². The maximum atomic E-state index is 6.54. The van der Waals surface area contributed by atoms with Crippen molar-refractivity contribution < 1.29 is 9.47 Å². The molecule has 9 heteroatoms. The van der Waals surface area contributed by atoms with Crippen molar-refractivity contribution in [3.63, 3.8) is 0 Å². The monoisotopic (exact) mass is 592 g/mol. The van der Waals surface area contributed by atoms with Crippen molar-refractivity contribution in [3.05, 3.63) is 57.0 Å². The van der Waals surface area contributed by atoms with Gasteiger partial charge in [0.05, 0.1) is 17.5 Å². The van der Waals surface area contributed by atoms with Crippen LogP contribution in [0.4, 0.5) is 0 Å². The largest absolute Gasteiger partial charge is 0.344 e. The summed E-state index contributed by atoms with van der Waals surface area (Å²) in [4.78, 5) is 11.3. The van der Waals surface area contributed by atoms with Gasteiger partial charge in [-0.2, -0.15) is 4.98 Å². The molecule has 6 nitrogen and oxygen atoms in total. The Labute approximate surface area is 230 Å². The Morgan fingerprint density at radius 1 is 1.06 bits per heavy atom. The number of aromatic nitrogens is 3. The van der Waals surface area contributed by atoms with E-state index in [0.29, 0.717) is 17.0 Å². The molecular weight excluding hydrogens is 563 g/mol. The van der Waals surface area contributed by atoms with E-state index in [1.165, 1.54) is 18.4 Å². The Morgan fingerprint density at radius 3 is 2.53 bits per heavy atom. The van der Waals surface area contributed by atoms with Crippen LogP contribution in [-0.4, -0.2) is 57.1 Å². The van der Waals surface area contributed by atoms with Gasteiger partial charge in [-0.3, -0.25) is 0 Å². The summed E-state index contributed by atoms with van der Waals surface area (Å²) >= 11 is 16.3. The summed E-state index contributed by atoms with van der Waals surface area (Å²) in [6.45, 7) is 7.43. The predicted molar refractivity (Wildman–Crippen MR) is 146 cm³/mol. The molecule has 0 spiro atoms. The molecule has 0 bridgehead atoms. The highest BCUT2D eigenvalue weighted by molar-refractivity contribution is 9.10. The summed E-state index contributed by atoms with van der Waals surface area (Å²) in [7, 11) is 0. The van der Waals surface area contributed by atoms with Crippen LogP contribution in [0, 0.1) is 11.8 Å². The molecule has 3 aromatic rings. The highest BCUT2D eigenvalue weighted by atomic mass is 79.9. The van der Waals surface area contributed by atoms with E-state index in [-0.39, 0.29) is 23.5 Å². The molecule has 2 aliphatic heterocycles. The zero-order valence-corrected chi connectivity index (χ0v) is 23.6. The lowest BCUT2D eigenvalue weighted by Crippen LogP contribution is -2.40. The summed E-state index contributed by atoms with van der Waals surface area (Å²) < 4.78 is 16.1. The lowest BCUT2D eigenvalue weighted by Gasteiger charge is -2.36. The molecule has 2 aromatic heterocycles. The SMILES string of the molecule is CC1(C)O[C@@H]2[C@H](O1)[C@@H](C1CCN(CCc3ccccc3)CC1)C[C@H]2n1cc(Br)c2c(Cl)nc(Cl)nc21. The van der Waals surface area contributed by atoms with Gasteiger partial charge in [0.25, 0.3) is 0 Å². The zero-order valence-electron chi connectivity index (χ0n) is 20.5. The maximum Gasteiger partial charge on any atom is 0.225 e. The lowest BCUT2D eigenvalue weighted by atomic mass is 9.81. The number of fused-ring (bicyclic) bond motifs is 2. The van der Waals surface area contributed by atoms with Crippen LogP contribution >= 0.6 is 39.1 Å². The van der Waals surface area contributed by atoms with Crippen LogP contribution in [0.3, 0.4) is 0 Å². The van der Waals surface area contributed by atoms with Gasteiger partial charge in [0.1, 0.15) is 16.9 Å². The molecule has 1 aromatic carbocycles. The van der Waals surface area contributed by atoms with E-state index in [1.54, 1.807) is 0 Å². The first-order valence-corrected chi connectivity index (χ1v) is 14.3. The van der Waals surface area contributed by atoms with Gasteiger partial charge < -0.3 is 18.9 Å². The Morgan fingerprint density at radius 2 is 1.78 bits per heavy atom. The average molecular weight is 594 g/mol. The van der Waals surface area contributed by atoms with Gasteiger partial charge in [-0.05, 0) is 97.6 Å². The smallest absolute Gasteiger partial charge is 0.225 e. The third-order valence-corrected chi connectivity index (χ3v) is 9.23. The Bertz CT molecular complexity index is 1250. The molecule has 0 radical (unpaired) electrons. The number of likely N-dealkylation sites (tertiary alicyclic amines) is 1. The highest BCUT2D eigenvalue weighted by Gasteiger charge is 2.56. The molecule has 36 heavy (non-hydrogen) atoms. The maximum absolute atomic E-state index is 6.54. The molecule has 192 valence electrons. The minimum Gasteiger partial charge on any atom is -0.344 e. The fraction of sp³-hybridized carbons (Fsp3) is 0.556. The molecular formula is C27H31BrCl2N4O2. The molecule has 0 N–H and O–H groups in total. The molecule has 3 aliphatic rings. The van der Waals surface area contributed by atoms with E-state index in [0.717, 1.165) is 48.0 Å². The second kappa shape index (κ2) is 9.83. The van der Waals surface area contributed by atoms with Crippen molar-refractivity contribution in [2.24, 2.45) is 11.8 Å². The Balaban J connectivity index is 1.20. The van der Waals surface area contributed by atoms with Crippen LogP contribution in [0.5, 0.6) is 0 Å². The number of benzene rings is 1. The van der Waals surface area contributed by atoms with Gasteiger partial charge in [-0.15, -0.1) is 0 Å². The van der Waals surface area contributed by atoms with Crippen molar-refractivity contribution in [1.29, 1.82) is 0 Å². The van der Waals surface area contributed by atoms with Crippen LogP contribution in [-0.2, 0) is 15.9 Å². The van der Waals surface area contributed by atoms with Crippen LogP contribution in [0.15, 0.2) is 41.0 Å². The van der Waals surface area contributed by atoms with E-state index < -0.39 is 5.79 Å². The lowest BCUT2D eigenvalue weighted by molar-refractivity contribution is -0.163. The van der Waals surface area contributed by atoms with Crippen LogP contribution < -0.4 is 0 Å². The fourth-order valence-corrected chi connectivity index (χ4v) is 7.73. The quantitative estimate of drug-likeness (QED) is 0.248. The third kappa shape index (κ3) is 4.72. The number of ether oxygens (including phenoxy) is 2. The van der Waals surface area contributed by atoms with Gasteiger partial charge in [-0.25, -0.2) is 4.98 Å². The number of rotatable bonds is 5. The minimum absolute atomic E-state index is 0.0453. The molecule has 2 saturated heterocycles. The highest BCUT2D eigenvalue weighted by Crippen LogP contribution is 2.52. The Kier molecular flexibility index (Phi) is 6.84. The Hall–Kier alpha value is -1.22. The van der Waals surface area contributed by atoms with Crippen molar-refractivity contribution in [3.8, 4) is 0 Å². The molecule has 0 amide bonds. The van der Waals surface area contributed by atoms with Crippen molar-refractivity contribution in [2.45, 2.75) is 63.6 Å². The number of halogens is 3. The van der Waals surface area contributed by atoms with Gasteiger partial charge in [0.15, 0.2) is 5.79 Å². The molecule has 3 fully saturated rings. The first-order chi connectivity index (χ1) is 17.3. The summed E-state index contributed by atoms with van der Waals surface area (Å²) in [5.41, 5.74) is 2.15. The molecule has 1 saturated carbocycles. The van der Waals surface area contributed by atoms with Gasteiger partial charge in [-0.1, -0.05) is 41.9 Å². The van der Waals surface area contributed by atoms with Crippen LogP contribution in [0.25, 0.3) is 11.0 Å². The minimum atomic E-state index is -0.604. The third-order valence-electron chi connectivity index (χ3n) is 8.19. The zero-order chi connectivity index (χ0) is 25.0. The van der Waals surface area contributed by atoms with Gasteiger partial charge in [0.2, 0.25) is 5.28 Å². The number of hydrogen-bond acceptors (Lipinski definition) is 5. The molecule has 6 rings (SSSR count). The van der Waals surface area contributed by atoms with Gasteiger partial charge >= 0.3 is 0 Å². The van der Waals surface area contributed by atoms with Crippen molar-refractivity contribution in [1.82, 2.24) is 19.4 Å². The second-order valence-corrected chi connectivity index (χ2v) is 12.4. The van der Waals surface area contributed by atoms with E-state index in [4.69, 9.17) is 32.7 Å². The number of hydrogen-bond donors (Lipinski definition) is 0. The molecule has 1 aliphatic carbocycles. The molecule has 4 atom stereocenters. The summed E-state index contributed by atoms with van der Waals surface area (Å²) in [5.74, 6) is 0.440. The van der Waals surface area contributed by atoms with Crippen LogP contribution in [0.2, 0.25) is 10.4 Å². The number of nitrogens with zero attached hydrogens (tertiary/aromatic N) is 4. The van der Waals surface area contributed by atoms with Crippen molar-refractivity contribution in [2.75, 3.05) is 19.6 Å². The first-order valence-electron chi connectivity index (χ1n) is 12.8. The standard InChI is InChI=1S/C27H31BrCl2N4O2/c1-27(2)35-22-18(17-9-12-33(13-10-17)11-8-16-6-4-3-5-7-16)14-20(23(22)36-27)34-15-19(28)21-24(29)31-26(30)32-25(21)34/h3-7,15,17-18,20,22-23H,8-14H2,1-2H3/t18-,20-,22-,23+/m1/s1. The van der Waals surface area contributed by atoms with E-state index in [9.17, 15) is 0 Å². The van der Waals surface area contributed by atoms with Crippen molar-refractivity contribution >= 4 is 50.2 Å². The predicted octanol–water partition coefficient (Wildman–Crippen LogP) is 6.54. The molecule has 4 heterocycles. The summed E-state index contributed by atoms with van der Waals surface area (Å²) in [6, 6.07) is 10.9. The fourth-order valence-electron chi connectivity index (χ4n) is 6.55. The van der Waals surface area contributed by atoms with E-state index in [1.807, 2.05) is 20.0 Å². The topological polar surface area (TPSA) is 52.4 Å². The summed E-state index contributed by atoms with van der Waals surface area (Å²) in [6.07, 6.45) is 6.54. The van der Waals surface area contributed by atoms with Gasteiger partial charge in [0, 0.05) is 17.2 Å².